The molecule has 0 aliphatic carbocycles. The van der Waals surface area contributed by atoms with Crippen LogP contribution in [0, 0.1) is 11.2 Å². The first-order valence-corrected chi connectivity index (χ1v) is 6.20. The molecule has 0 aromatic heterocycles. The fourth-order valence-corrected chi connectivity index (χ4v) is 1.78. The summed E-state index contributed by atoms with van der Waals surface area (Å²) in [6, 6.07) is 3.79. The van der Waals surface area contributed by atoms with Crippen LogP contribution in [0.3, 0.4) is 0 Å². The van der Waals surface area contributed by atoms with Crippen molar-refractivity contribution in [2.24, 2.45) is 5.41 Å². The van der Waals surface area contributed by atoms with Crippen molar-refractivity contribution in [3.05, 3.63) is 29.6 Å². The number of aliphatic hydroxyl groups is 1. The van der Waals surface area contributed by atoms with Crippen LogP contribution in [0.25, 0.3) is 0 Å². The van der Waals surface area contributed by atoms with Crippen LogP contribution in [0.15, 0.2) is 18.2 Å². The van der Waals surface area contributed by atoms with Crippen LogP contribution in [0.5, 0.6) is 0 Å². The summed E-state index contributed by atoms with van der Waals surface area (Å²) in [5.74, 6) is -0.927. The number of nitrogen functional groups attached to an aromatic ring is 1. The summed E-state index contributed by atoms with van der Waals surface area (Å²) in [6.45, 7) is 6.20. The molecule has 1 rings (SSSR count). The molecule has 4 N–H and O–H groups in total. The van der Waals surface area contributed by atoms with Crippen LogP contribution in [0.1, 0.15) is 37.6 Å². The number of nitrogens with two attached hydrogens (primary N) is 1. The molecule has 0 bridgehead atoms. The zero-order chi connectivity index (χ0) is 14.6. The number of aliphatic hydroxyl groups excluding tert-OH is 1. The summed E-state index contributed by atoms with van der Waals surface area (Å²) < 4.78 is 13.0. The third-order valence-electron chi connectivity index (χ3n) is 2.60. The highest BCUT2D eigenvalue weighted by Gasteiger charge is 2.17. The predicted octanol–water partition coefficient (Wildman–Crippen LogP) is 1.93. The van der Waals surface area contributed by atoms with E-state index in [1.165, 1.54) is 12.1 Å². The van der Waals surface area contributed by atoms with Crippen molar-refractivity contribution in [3.8, 4) is 0 Å². The Labute approximate surface area is 112 Å². The maximum atomic E-state index is 13.0. The van der Waals surface area contributed by atoms with Crippen LogP contribution in [0.4, 0.5) is 10.1 Å². The van der Waals surface area contributed by atoms with Gasteiger partial charge in [0.25, 0.3) is 5.91 Å². The van der Waals surface area contributed by atoms with Gasteiger partial charge in [0.05, 0.1) is 11.8 Å². The minimum absolute atomic E-state index is 0.00948. The molecule has 0 aliphatic rings. The quantitative estimate of drug-likeness (QED) is 0.730. The third-order valence-corrected chi connectivity index (χ3v) is 2.60. The molecular weight excluding hydrogens is 247 g/mol. The molecule has 1 aromatic carbocycles. The first-order valence-electron chi connectivity index (χ1n) is 6.20. The molecule has 0 aliphatic heterocycles. The molecule has 0 saturated heterocycles. The Bertz CT molecular complexity index is 455. The normalized spacial score (nSPS) is 13.1. The van der Waals surface area contributed by atoms with Gasteiger partial charge in [0.1, 0.15) is 5.82 Å². The molecule has 5 heteroatoms. The molecule has 19 heavy (non-hydrogen) atoms. The van der Waals surface area contributed by atoms with Crippen LogP contribution in [0.2, 0.25) is 0 Å². The van der Waals surface area contributed by atoms with E-state index in [2.05, 4.69) is 5.32 Å². The molecule has 0 fully saturated rings. The number of anilines is 1. The van der Waals surface area contributed by atoms with Crippen molar-refractivity contribution in [2.45, 2.75) is 33.3 Å². The van der Waals surface area contributed by atoms with Crippen LogP contribution < -0.4 is 11.1 Å². The maximum Gasteiger partial charge on any atom is 0.251 e. The lowest BCUT2D eigenvalue weighted by Gasteiger charge is -2.22. The van der Waals surface area contributed by atoms with Gasteiger partial charge in [-0.1, -0.05) is 20.8 Å². The number of hydrogen-bond donors (Lipinski definition) is 3. The minimum Gasteiger partial charge on any atom is -0.396 e. The Hall–Kier alpha value is -1.62. The molecule has 1 atom stereocenters. The molecule has 106 valence electrons. The molecule has 1 unspecified atom stereocenters. The number of hydrogen-bond acceptors (Lipinski definition) is 3. The van der Waals surface area contributed by atoms with E-state index in [0.29, 0.717) is 6.42 Å². The first kappa shape index (κ1) is 15.4. The van der Waals surface area contributed by atoms with Gasteiger partial charge in [0, 0.05) is 12.1 Å². The highest BCUT2D eigenvalue weighted by Crippen LogP contribution is 2.20. The number of nitrogens with one attached hydrogen (secondary N) is 1. The van der Waals surface area contributed by atoms with Crippen molar-refractivity contribution in [3.63, 3.8) is 0 Å². The number of amides is 1. The summed E-state index contributed by atoms with van der Waals surface area (Å²) in [7, 11) is 0. The zero-order valence-electron chi connectivity index (χ0n) is 11.5. The Kier molecular flexibility index (Phi) is 4.89. The first-order chi connectivity index (χ1) is 8.69. The molecule has 0 spiro atoms. The van der Waals surface area contributed by atoms with E-state index >= 15 is 0 Å². The van der Waals surface area contributed by atoms with Gasteiger partial charge in [0.15, 0.2) is 0 Å². The minimum atomic E-state index is -0.609. The van der Waals surface area contributed by atoms with E-state index in [4.69, 9.17) is 5.73 Å². The number of rotatable bonds is 4. The van der Waals surface area contributed by atoms with Crippen molar-refractivity contribution >= 4 is 11.6 Å². The van der Waals surface area contributed by atoms with Crippen molar-refractivity contribution in [2.75, 3.05) is 12.3 Å². The largest absolute Gasteiger partial charge is 0.396 e. The smallest absolute Gasteiger partial charge is 0.251 e. The predicted molar refractivity (Wildman–Crippen MR) is 73.2 cm³/mol. The van der Waals surface area contributed by atoms with Gasteiger partial charge >= 0.3 is 0 Å². The highest BCUT2D eigenvalue weighted by molar-refractivity contribution is 5.95. The fourth-order valence-electron chi connectivity index (χ4n) is 1.78. The molecule has 1 amide bonds. The van der Waals surface area contributed by atoms with E-state index in [0.717, 1.165) is 6.07 Å². The average molecular weight is 268 g/mol. The van der Waals surface area contributed by atoms with E-state index < -0.39 is 11.9 Å². The van der Waals surface area contributed by atoms with Gasteiger partial charge in [-0.25, -0.2) is 4.39 Å². The number of carbonyl (C=O) groups excluding carboxylic acids is 1. The molecule has 1 aromatic rings. The van der Waals surface area contributed by atoms with Crippen LogP contribution in [-0.2, 0) is 0 Å². The van der Waals surface area contributed by atoms with Gasteiger partial charge < -0.3 is 16.2 Å². The Balaban J connectivity index is 2.53. The second-order valence-corrected chi connectivity index (χ2v) is 5.86. The second-order valence-electron chi connectivity index (χ2n) is 5.86. The van der Waals surface area contributed by atoms with Crippen LogP contribution in [-0.4, -0.2) is 23.7 Å². The van der Waals surface area contributed by atoms with Gasteiger partial charge in [-0.2, -0.15) is 0 Å². The molecule has 0 heterocycles. The Morgan fingerprint density at radius 3 is 2.63 bits per heavy atom. The summed E-state index contributed by atoms with van der Waals surface area (Å²) >= 11 is 0. The van der Waals surface area contributed by atoms with E-state index in [9.17, 15) is 14.3 Å². The Morgan fingerprint density at radius 1 is 1.47 bits per heavy atom. The maximum absolute atomic E-state index is 13.0. The second kappa shape index (κ2) is 6.02. The zero-order valence-corrected chi connectivity index (χ0v) is 11.5. The monoisotopic (exact) mass is 268 g/mol. The average Bonchev–Trinajstić information content (AvgIpc) is 2.27. The molecule has 0 saturated carbocycles. The van der Waals surface area contributed by atoms with E-state index in [-0.39, 0.29) is 29.1 Å². The lowest BCUT2D eigenvalue weighted by Crippen LogP contribution is -2.34. The van der Waals surface area contributed by atoms with Gasteiger partial charge in [-0.3, -0.25) is 4.79 Å². The summed E-state index contributed by atoms with van der Waals surface area (Å²) in [4.78, 5) is 11.8. The Morgan fingerprint density at radius 2 is 2.11 bits per heavy atom. The van der Waals surface area contributed by atoms with Crippen molar-refractivity contribution in [1.82, 2.24) is 5.32 Å². The van der Waals surface area contributed by atoms with Crippen molar-refractivity contribution in [1.29, 1.82) is 0 Å². The number of benzene rings is 1. The number of carbonyl (C=O) groups is 1. The van der Waals surface area contributed by atoms with Crippen LogP contribution >= 0.6 is 0 Å². The fraction of sp³-hybridized carbons (Fsp3) is 0.500. The van der Waals surface area contributed by atoms with E-state index in [1.807, 2.05) is 20.8 Å². The molecular formula is C14H21FN2O2. The lowest BCUT2D eigenvalue weighted by atomic mass is 9.89. The lowest BCUT2D eigenvalue weighted by molar-refractivity contribution is 0.0868. The third kappa shape index (κ3) is 5.26. The van der Waals surface area contributed by atoms with Gasteiger partial charge in [-0.15, -0.1) is 0 Å². The molecule has 0 radical (unpaired) electrons. The summed E-state index contributed by atoms with van der Waals surface area (Å²) in [5.41, 5.74) is 5.60. The van der Waals surface area contributed by atoms with Gasteiger partial charge in [0.2, 0.25) is 0 Å². The summed E-state index contributed by atoms with van der Waals surface area (Å²) in [5, 5.41) is 12.4. The van der Waals surface area contributed by atoms with Crippen molar-refractivity contribution < 1.29 is 14.3 Å². The highest BCUT2D eigenvalue weighted by atomic mass is 19.1. The topological polar surface area (TPSA) is 75.3 Å². The standard InChI is InChI=1S/C14H21FN2O2/c1-14(2,3)7-10(18)8-17-13(19)9-4-5-11(15)12(16)6-9/h4-6,10,18H,7-8,16H2,1-3H3,(H,17,19). The number of halogens is 1. The van der Waals surface area contributed by atoms with E-state index in [1.54, 1.807) is 0 Å². The summed E-state index contributed by atoms with van der Waals surface area (Å²) in [6.07, 6.45) is -0.0273. The SMILES string of the molecule is CC(C)(C)CC(O)CNC(=O)c1ccc(F)c(N)c1. The van der Waals surface area contributed by atoms with Gasteiger partial charge in [-0.05, 0) is 30.0 Å². The molecule has 4 nitrogen and oxygen atoms in total.